The lowest BCUT2D eigenvalue weighted by molar-refractivity contribution is -0.117. The van der Waals surface area contributed by atoms with Gasteiger partial charge in [0.25, 0.3) is 5.89 Å². The molecule has 1 N–H and O–H groups in total. The van der Waals surface area contributed by atoms with Gasteiger partial charge < -0.3 is 14.5 Å². The third-order valence-corrected chi connectivity index (χ3v) is 4.92. The van der Waals surface area contributed by atoms with E-state index in [1.165, 1.54) is 11.3 Å². The number of hydrogen-bond acceptors (Lipinski definition) is 8. The van der Waals surface area contributed by atoms with Crippen LogP contribution in [0, 0.1) is 11.3 Å². The van der Waals surface area contributed by atoms with Gasteiger partial charge in [-0.3, -0.25) is 9.69 Å². The fraction of sp³-hybridized carbons (Fsp3) is 0.300. The molecule has 8 nitrogen and oxygen atoms in total. The van der Waals surface area contributed by atoms with Crippen LogP contribution in [0.2, 0.25) is 0 Å². The Morgan fingerprint density at radius 3 is 2.83 bits per heavy atom. The molecule has 0 saturated carbocycles. The highest BCUT2D eigenvalue weighted by Gasteiger charge is 2.16. The van der Waals surface area contributed by atoms with Gasteiger partial charge in [0.1, 0.15) is 0 Å². The summed E-state index contributed by atoms with van der Waals surface area (Å²) >= 11 is 1.53. The van der Waals surface area contributed by atoms with E-state index in [1.807, 2.05) is 34.5 Å². The van der Waals surface area contributed by atoms with Crippen LogP contribution in [0.4, 0.5) is 5.69 Å². The van der Waals surface area contributed by atoms with Crippen LogP contribution in [0.5, 0.6) is 0 Å². The van der Waals surface area contributed by atoms with Crippen molar-refractivity contribution in [2.75, 3.05) is 32.1 Å². The minimum Gasteiger partial charge on any atom is -0.419 e. The van der Waals surface area contributed by atoms with E-state index in [4.69, 9.17) is 14.4 Å². The van der Waals surface area contributed by atoms with Crippen LogP contribution in [0.15, 0.2) is 46.2 Å². The monoisotopic (exact) mass is 411 g/mol. The minimum absolute atomic E-state index is 0.153. The first-order valence-electron chi connectivity index (χ1n) is 9.01. The van der Waals surface area contributed by atoms with Crippen molar-refractivity contribution in [3.8, 4) is 16.8 Å². The molecule has 1 aromatic carbocycles. The van der Waals surface area contributed by atoms with E-state index in [9.17, 15) is 4.79 Å². The normalized spacial score (nSPS) is 10.8. The summed E-state index contributed by atoms with van der Waals surface area (Å²) in [7, 11) is 1.61. The van der Waals surface area contributed by atoms with Gasteiger partial charge in [0.2, 0.25) is 11.8 Å². The van der Waals surface area contributed by atoms with E-state index < -0.39 is 0 Å². The molecule has 0 radical (unpaired) electrons. The summed E-state index contributed by atoms with van der Waals surface area (Å²) in [5.74, 6) is 0.758. The van der Waals surface area contributed by atoms with Crippen molar-refractivity contribution in [2.45, 2.75) is 13.0 Å². The number of carbonyl (C=O) groups excluding carboxylic acids is 1. The molecule has 29 heavy (non-hydrogen) atoms. The molecule has 0 aliphatic rings. The molecule has 0 aliphatic heterocycles. The lowest BCUT2D eigenvalue weighted by Crippen LogP contribution is -2.35. The molecule has 3 rings (SSSR count). The zero-order valence-corrected chi connectivity index (χ0v) is 16.8. The van der Waals surface area contributed by atoms with Crippen LogP contribution in [-0.2, 0) is 22.5 Å². The number of benzene rings is 1. The molecule has 2 aromatic heterocycles. The standard InChI is InChI=1S/C20H21N5O3S/c1-27-11-10-25(14-19-23-24-20(28-19)17-3-2-12-29-17)13-18(26)22-16-6-4-15(5-7-16)8-9-21/h2-7,12H,8,10-11,13-14H2,1H3,(H,22,26). The number of amides is 1. The van der Waals surface area contributed by atoms with Crippen molar-refractivity contribution < 1.29 is 13.9 Å². The second kappa shape index (κ2) is 10.5. The fourth-order valence-corrected chi connectivity index (χ4v) is 3.29. The Balaban J connectivity index is 1.59. The van der Waals surface area contributed by atoms with Crippen molar-refractivity contribution in [3.05, 3.63) is 53.2 Å². The SMILES string of the molecule is COCCN(CC(=O)Nc1ccc(CC#N)cc1)Cc1nnc(-c2cccs2)o1. The van der Waals surface area contributed by atoms with Crippen LogP contribution in [0.1, 0.15) is 11.5 Å². The van der Waals surface area contributed by atoms with Gasteiger partial charge in [-0.15, -0.1) is 21.5 Å². The van der Waals surface area contributed by atoms with E-state index in [2.05, 4.69) is 21.6 Å². The Hall–Kier alpha value is -3.06. The predicted octanol–water partition coefficient (Wildman–Crippen LogP) is 2.95. The molecule has 3 aromatic rings. The largest absolute Gasteiger partial charge is 0.419 e. The van der Waals surface area contributed by atoms with Gasteiger partial charge in [-0.1, -0.05) is 18.2 Å². The van der Waals surface area contributed by atoms with E-state index >= 15 is 0 Å². The van der Waals surface area contributed by atoms with Crippen molar-refractivity contribution in [3.63, 3.8) is 0 Å². The Labute approximate surface area is 172 Å². The van der Waals surface area contributed by atoms with Gasteiger partial charge in [-0.25, -0.2) is 0 Å². The maximum absolute atomic E-state index is 12.5. The molecule has 2 heterocycles. The van der Waals surface area contributed by atoms with Crippen LogP contribution in [-0.4, -0.2) is 47.8 Å². The van der Waals surface area contributed by atoms with Gasteiger partial charge in [0, 0.05) is 19.3 Å². The zero-order chi connectivity index (χ0) is 20.5. The van der Waals surface area contributed by atoms with E-state index in [1.54, 1.807) is 19.2 Å². The summed E-state index contributed by atoms with van der Waals surface area (Å²) in [5.41, 5.74) is 1.59. The number of rotatable bonds is 10. The first-order valence-corrected chi connectivity index (χ1v) is 9.89. The Morgan fingerprint density at radius 2 is 2.14 bits per heavy atom. The first-order chi connectivity index (χ1) is 14.2. The zero-order valence-electron chi connectivity index (χ0n) is 16.0. The molecule has 0 aliphatic carbocycles. The van der Waals surface area contributed by atoms with E-state index in [-0.39, 0.29) is 12.5 Å². The van der Waals surface area contributed by atoms with Crippen molar-refractivity contribution in [1.29, 1.82) is 5.26 Å². The Morgan fingerprint density at radius 1 is 1.31 bits per heavy atom. The molecular formula is C20H21N5O3S. The Kier molecular flexibility index (Phi) is 7.47. The highest BCUT2D eigenvalue weighted by molar-refractivity contribution is 7.13. The van der Waals surface area contributed by atoms with E-state index in [0.29, 0.717) is 43.6 Å². The maximum Gasteiger partial charge on any atom is 0.257 e. The Bertz CT molecular complexity index is 947. The maximum atomic E-state index is 12.5. The average molecular weight is 411 g/mol. The molecule has 0 fully saturated rings. The minimum atomic E-state index is -0.160. The highest BCUT2D eigenvalue weighted by atomic mass is 32.1. The molecule has 0 spiro atoms. The highest BCUT2D eigenvalue weighted by Crippen LogP contribution is 2.23. The summed E-state index contributed by atoms with van der Waals surface area (Å²) in [6.45, 7) is 1.51. The van der Waals surface area contributed by atoms with Crippen molar-refractivity contribution in [2.24, 2.45) is 0 Å². The van der Waals surface area contributed by atoms with Crippen LogP contribution in [0.3, 0.4) is 0 Å². The number of aromatic nitrogens is 2. The number of nitriles is 1. The lowest BCUT2D eigenvalue weighted by atomic mass is 10.1. The topological polar surface area (TPSA) is 104 Å². The molecule has 0 unspecified atom stereocenters. The summed E-state index contributed by atoms with van der Waals surface area (Å²) in [6.07, 6.45) is 0.344. The molecule has 1 amide bonds. The molecule has 9 heteroatoms. The lowest BCUT2D eigenvalue weighted by Gasteiger charge is -2.19. The van der Waals surface area contributed by atoms with Gasteiger partial charge in [0.05, 0.1) is 37.1 Å². The number of carbonyl (C=O) groups is 1. The second-order valence-electron chi connectivity index (χ2n) is 6.26. The number of thiophene rings is 1. The van der Waals surface area contributed by atoms with Crippen LogP contribution in [0.25, 0.3) is 10.8 Å². The summed E-state index contributed by atoms with van der Waals surface area (Å²) < 4.78 is 10.9. The number of nitrogens with zero attached hydrogens (tertiary/aromatic N) is 4. The summed E-state index contributed by atoms with van der Waals surface area (Å²) in [6, 6.07) is 13.2. The number of hydrogen-bond donors (Lipinski definition) is 1. The molecule has 150 valence electrons. The number of methoxy groups -OCH3 is 1. The third-order valence-electron chi connectivity index (χ3n) is 4.06. The van der Waals surface area contributed by atoms with E-state index in [0.717, 1.165) is 10.4 Å². The van der Waals surface area contributed by atoms with Crippen LogP contribution >= 0.6 is 11.3 Å². The number of anilines is 1. The predicted molar refractivity (Wildman–Crippen MR) is 109 cm³/mol. The smallest absolute Gasteiger partial charge is 0.257 e. The molecule has 0 saturated heterocycles. The molecule has 0 bridgehead atoms. The first kappa shape index (κ1) is 20.7. The third kappa shape index (κ3) is 6.22. The molecular weight excluding hydrogens is 390 g/mol. The van der Waals surface area contributed by atoms with Gasteiger partial charge in [-0.05, 0) is 29.1 Å². The van der Waals surface area contributed by atoms with Crippen molar-refractivity contribution >= 4 is 22.9 Å². The number of ether oxygens (including phenoxy) is 1. The van der Waals surface area contributed by atoms with Gasteiger partial charge in [-0.2, -0.15) is 5.26 Å². The van der Waals surface area contributed by atoms with Gasteiger partial charge >= 0.3 is 0 Å². The molecule has 0 atom stereocenters. The summed E-state index contributed by atoms with van der Waals surface area (Å²) in [4.78, 5) is 15.3. The second-order valence-corrected chi connectivity index (χ2v) is 7.21. The average Bonchev–Trinajstić information content (AvgIpc) is 3.39. The van der Waals surface area contributed by atoms with Gasteiger partial charge in [0.15, 0.2) is 0 Å². The quantitative estimate of drug-likeness (QED) is 0.547. The van der Waals surface area contributed by atoms with Crippen molar-refractivity contribution in [1.82, 2.24) is 15.1 Å². The number of nitrogens with one attached hydrogen (secondary N) is 1. The summed E-state index contributed by atoms with van der Waals surface area (Å²) in [5, 5.41) is 21.7. The van der Waals surface area contributed by atoms with Crippen LogP contribution < -0.4 is 5.32 Å². The fourth-order valence-electron chi connectivity index (χ4n) is 2.64.